The third-order valence-electron chi connectivity index (χ3n) is 4.19. The van der Waals surface area contributed by atoms with Crippen molar-refractivity contribution in [1.29, 1.82) is 0 Å². The fraction of sp³-hybridized carbons (Fsp3) is 0.562. The lowest BCUT2D eigenvalue weighted by molar-refractivity contribution is -0.149. The second-order valence-corrected chi connectivity index (χ2v) is 5.72. The molecule has 0 bridgehead atoms. The van der Waals surface area contributed by atoms with Gasteiger partial charge in [-0.1, -0.05) is 25.3 Å². The quantitative estimate of drug-likeness (QED) is 0.867. The van der Waals surface area contributed by atoms with Crippen LogP contribution in [0.4, 0.5) is 8.78 Å². The van der Waals surface area contributed by atoms with Crippen LogP contribution in [0.15, 0.2) is 18.2 Å². The molecular formula is C16H21F2NO2. The summed E-state index contributed by atoms with van der Waals surface area (Å²) in [4.78, 5) is 12.2. The maximum atomic E-state index is 13.5. The SMILES string of the molecule is COC(=O)C(C)(NC1CCCCC1)c1ccc(F)c(F)c1. The number of ether oxygens (including phenoxy) is 1. The molecule has 1 aromatic carbocycles. The van der Waals surface area contributed by atoms with E-state index in [1.54, 1.807) is 6.92 Å². The van der Waals surface area contributed by atoms with Gasteiger partial charge in [-0.2, -0.15) is 0 Å². The Morgan fingerprint density at radius 1 is 1.24 bits per heavy atom. The van der Waals surface area contributed by atoms with Crippen molar-refractivity contribution in [3.63, 3.8) is 0 Å². The molecular weight excluding hydrogens is 276 g/mol. The van der Waals surface area contributed by atoms with Gasteiger partial charge in [-0.3, -0.25) is 5.32 Å². The molecule has 1 N–H and O–H groups in total. The molecule has 1 aliphatic carbocycles. The van der Waals surface area contributed by atoms with Crippen LogP contribution in [-0.2, 0) is 15.1 Å². The molecule has 5 heteroatoms. The third-order valence-corrected chi connectivity index (χ3v) is 4.19. The summed E-state index contributed by atoms with van der Waals surface area (Å²) in [6.45, 7) is 1.65. The number of esters is 1. The van der Waals surface area contributed by atoms with Gasteiger partial charge in [0.25, 0.3) is 0 Å². The van der Waals surface area contributed by atoms with Crippen molar-refractivity contribution in [2.75, 3.05) is 7.11 Å². The second kappa shape index (κ2) is 6.52. The Morgan fingerprint density at radius 2 is 1.90 bits per heavy atom. The molecule has 0 saturated heterocycles. The summed E-state index contributed by atoms with van der Waals surface area (Å²) in [5.41, 5.74) is -0.801. The van der Waals surface area contributed by atoms with Crippen molar-refractivity contribution < 1.29 is 18.3 Å². The minimum absolute atomic E-state index is 0.177. The van der Waals surface area contributed by atoms with Gasteiger partial charge in [-0.15, -0.1) is 0 Å². The molecule has 116 valence electrons. The molecule has 0 radical (unpaired) electrons. The van der Waals surface area contributed by atoms with Crippen LogP contribution < -0.4 is 5.32 Å². The molecule has 21 heavy (non-hydrogen) atoms. The predicted octanol–water partition coefficient (Wildman–Crippen LogP) is 3.28. The predicted molar refractivity (Wildman–Crippen MR) is 75.7 cm³/mol. The molecule has 1 unspecified atom stereocenters. The first-order chi connectivity index (χ1) is 9.97. The number of hydrogen-bond acceptors (Lipinski definition) is 3. The average molecular weight is 297 g/mol. The van der Waals surface area contributed by atoms with E-state index in [1.165, 1.54) is 19.6 Å². The minimum Gasteiger partial charge on any atom is -0.467 e. The van der Waals surface area contributed by atoms with E-state index < -0.39 is 23.1 Å². The van der Waals surface area contributed by atoms with Gasteiger partial charge in [0.2, 0.25) is 0 Å². The van der Waals surface area contributed by atoms with Gasteiger partial charge in [-0.05, 0) is 37.5 Å². The fourth-order valence-corrected chi connectivity index (χ4v) is 2.93. The lowest BCUT2D eigenvalue weighted by Gasteiger charge is -2.35. The van der Waals surface area contributed by atoms with Crippen LogP contribution in [0.5, 0.6) is 0 Å². The van der Waals surface area contributed by atoms with E-state index in [-0.39, 0.29) is 6.04 Å². The summed E-state index contributed by atoms with van der Waals surface area (Å²) in [6.07, 6.45) is 5.34. The molecule has 1 aliphatic rings. The number of nitrogens with one attached hydrogen (secondary N) is 1. The second-order valence-electron chi connectivity index (χ2n) is 5.72. The normalized spacial score (nSPS) is 19.0. The highest BCUT2D eigenvalue weighted by Gasteiger charge is 2.39. The van der Waals surface area contributed by atoms with Crippen LogP contribution in [0.25, 0.3) is 0 Å². The Kier molecular flexibility index (Phi) is 4.93. The highest BCUT2D eigenvalue weighted by atomic mass is 19.2. The van der Waals surface area contributed by atoms with E-state index in [0.717, 1.165) is 37.8 Å². The standard InChI is InChI=1S/C16H21F2NO2/c1-16(15(20)21-2,19-12-6-4-3-5-7-12)11-8-9-13(17)14(18)10-11/h8-10,12,19H,3-7H2,1-2H3. The van der Waals surface area contributed by atoms with Crippen molar-refractivity contribution in [3.8, 4) is 0 Å². The molecule has 0 aliphatic heterocycles. The molecule has 1 aromatic rings. The summed E-state index contributed by atoms with van der Waals surface area (Å²) in [5.74, 6) is -2.39. The van der Waals surface area contributed by atoms with E-state index >= 15 is 0 Å². The Hall–Kier alpha value is -1.49. The average Bonchev–Trinajstić information content (AvgIpc) is 2.50. The van der Waals surface area contributed by atoms with E-state index in [2.05, 4.69) is 5.32 Å². The van der Waals surface area contributed by atoms with Crippen LogP contribution in [0.1, 0.15) is 44.6 Å². The number of halogens is 2. The smallest absolute Gasteiger partial charge is 0.330 e. The van der Waals surface area contributed by atoms with Crippen molar-refractivity contribution in [2.24, 2.45) is 0 Å². The van der Waals surface area contributed by atoms with Gasteiger partial charge in [0, 0.05) is 6.04 Å². The summed E-state index contributed by atoms with van der Waals surface area (Å²) in [5, 5.41) is 3.28. The monoisotopic (exact) mass is 297 g/mol. The van der Waals surface area contributed by atoms with Crippen molar-refractivity contribution in [1.82, 2.24) is 5.32 Å². The number of benzene rings is 1. The molecule has 0 heterocycles. The molecule has 1 atom stereocenters. The van der Waals surface area contributed by atoms with E-state index in [4.69, 9.17) is 4.74 Å². The van der Waals surface area contributed by atoms with Crippen LogP contribution in [0, 0.1) is 11.6 Å². The highest BCUT2D eigenvalue weighted by Crippen LogP contribution is 2.28. The maximum Gasteiger partial charge on any atom is 0.330 e. The van der Waals surface area contributed by atoms with Crippen molar-refractivity contribution in [2.45, 2.75) is 50.6 Å². The molecule has 3 nitrogen and oxygen atoms in total. The van der Waals surface area contributed by atoms with Crippen LogP contribution in [0.3, 0.4) is 0 Å². The molecule has 1 fully saturated rings. The Morgan fingerprint density at radius 3 is 2.48 bits per heavy atom. The van der Waals surface area contributed by atoms with Gasteiger partial charge >= 0.3 is 5.97 Å². The summed E-state index contributed by atoms with van der Waals surface area (Å²) in [7, 11) is 1.29. The van der Waals surface area contributed by atoms with E-state index in [1.807, 2.05) is 0 Å². The first-order valence-corrected chi connectivity index (χ1v) is 7.29. The van der Waals surface area contributed by atoms with E-state index in [0.29, 0.717) is 5.56 Å². The highest BCUT2D eigenvalue weighted by molar-refractivity contribution is 5.82. The fourth-order valence-electron chi connectivity index (χ4n) is 2.93. The summed E-state index contributed by atoms with van der Waals surface area (Å²) < 4.78 is 31.5. The zero-order chi connectivity index (χ0) is 15.5. The number of methoxy groups -OCH3 is 1. The summed E-state index contributed by atoms with van der Waals surface area (Å²) >= 11 is 0. The zero-order valence-corrected chi connectivity index (χ0v) is 12.4. The van der Waals surface area contributed by atoms with Gasteiger partial charge in [0.05, 0.1) is 7.11 Å². The van der Waals surface area contributed by atoms with Crippen LogP contribution >= 0.6 is 0 Å². The number of carbonyl (C=O) groups is 1. The number of rotatable bonds is 4. The Balaban J connectivity index is 2.31. The van der Waals surface area contributed by atoms with Crippen molar-refractivity contribution in [3.05, 3.63) is 35.4 Å². The largest absolute Gasteiger partial charge is 0.467 e. The molecule has 1 saturated carbocycles. The van der Waals surface area contributed by atoms with Gasteiger partial charge in [-0.25, -0.2) is 13.6 Å². The maximum absolute atomic E-state index is 13.5. The van der Waals surface area contributed by atoms with Gasteiger partial charge in [0.1, 0.15) is 5.54 Å². The number of hydrogen-bond donors (Lipinski definition) is 1. The lowest BCUT2D eigenvalue weighted by Crippen LogP contribution is -2.52. The minimum atomic E-state index is -1.18. The summed E-state index contributed by atoms with van der Waals surface area (Å²) in [6, 6.07) is 3.69. The Labute approximate surface area is 123 Å². The van der Waals surface area contributed by atoms with Crippen LogP contribution in [0.2, 0.25) is 0 Å². The first-order valence-electron chi connectivity index (χ1n) is 7.29. The van der Waals surface area contributed by atoms with Gasteiger partial charge < -0.3 is 4.74 Å². The van der Waals surface area contributed by atoms with Crippen LogP contribution in [-0.4, -0.2) is 19.1 Å². The topological polar surface area (TPSA) is 38.3 Å². The molecule has 0 spiro atoms. The Bertz CT molecular complexity index is 515. The lowest BCUT2D eigenvalue weighted by atomic mass is 9.87. The molecule has 0 aromatic heterocycles. The third kappa shape index (κ3) is 3.40. The first kappa shape index (κ1) is 15.9. The van der Waals surface area contributed by atoms with Gasteiger partial charge in [0.15, 0.2) is 11.6 Å². The molecule has 0 amide bonds. The van der Waals surface area contributed by atoms with Crippen molar-refractivity contribution >= 4 is 5.97 Å². The van der Waals surface area contributed by atoms with E-state index in [9.17, 15) is 13.6 Å². The zero-order valence-electron chi connectivity index (χ0n) is 12.4. The molecule has 2 rings (SSSR count). The number of carbonyl (C=O) groups excluding carboxylic acids is 1.